The molecule has 0 radical (unpaired) electrons. The van der Waals surface area contributed by atoms with Crippen molar-refractivity contribution in [2.75, 3.05) is 11.9 Å². The smallest absolute Gasteiger partial charge is 0.139 e. The van der Waals surface area contributed by atoms with Gasteiger partial charge in [-0.05, 0) is 24.3 Å². The molecule has 2 aromatic heterocycles. The van der Waals surface area contributed by atoms with Crippen LogP contribution in [0.1, 0.15) is 5.82 Å². The van der Waals surface area contributed by atoms with Gasteiger partial charge in [-0.2, -0.15) is 0 Å². The zero-order valence-corrected chi connectivity index (χ0v) is 11.0. The lowest BCUT2D eigenvalue weighted by Crippen LogP contribution is -2.09. The molecule has 0 unspecified atom stereocenters. The first-order valence-corrected chi connectivity index (χ1v) is 6.52. The van der Waals surface area contributed by atoms with Gasteiger partial charge in [-0.25, -0.2) is 0 Å². The second-order valence-electron chi connectivity index (χ2n) is 4.37. The second-order valence-corrected chi connectivity index (χ2v) is 4.37. The Morgan fingerprint density at radius 1 is 1.05 bits per heavy atom. The molecule has 5 nitrogen and oxygen atoms in total. The highest BCUT2D eigenvalue weighted by molar-refractivity contribution is 5.42. The first-order chi connectivity index (χ1) is 9.93. The lowest BCUT2D eigenvalue weighted by atomic mass is 10.3. The largest absolute Gasteiger partial charge is 0.385 e. The Balaban J connectivity index is 1.66. The first-order valence-electron chi connectivity index (χ1n) is 6.52. The average Bonchev–Trinajstić information content (AvgIpc) is 2.98. The van der Waals surface area contributed by atoms with Crippen LogP contribution in [-0.4, -0.2) is 26.3 Å². The van der Waals surface area contributed by atoms with Crippen LogP contribution in [0.25, 0.3) is 5.69 Å². The number of nitrogens with zero attached hydrogens (tertiary/aromatic N) is 4. The summed E-state index contributed by atoms with van der Waals surface area (Å²) in [6.45, 7) is 0.809. The Kier molecular flexibility index (Phi) is 3.68. The summed E-state index contributed by atoms with van der Waals surface area (Å²) >= 11 is 0. The molecular formula is C15H15N5. The van der Waals surface area contributed by atoms with E-state index in [9.17, 15) is 0 Å². The lowest BCUT2D eigenvalue weighted by molar-refractivity contribution is 0.848. The van der Waals surface area contributed by atoms with E-state index >= 15 is 0 Å². The molecule has 100 valence electrons. The summed E-state index contributed by atoms with van der Waals surface area (Å²) in [6.07, 6.45) is 6.07. The van der Waals surface area contributed by atoms with Crippen molar-refractivity contribution in [3.63, 3.8) is 0 Å². The van der Waals surface area contributed by atoms with Crippen LogP contribution in [0.3, 0.4) is 0 Å². The van der Waals surface area contributed by atoms with Crippen molar-refractivity contribution < 1.29 is 0 Å². The maximum atomic E-state index is 4.17. The van der Waals surface area contributed by atoms with E-state index in [0.717, 1.165) is 30.2 Å². The van der Waals surface area contributed by atoms with Crippen LogP contribution in [0.2, 0.25) is 0 Å². The molecule has 0 atom stereocenters. The Morgan fingerprint density at radius 2 is 1.95 bits per heavy atom. The molecule has 0 amide bonds. The number of nitrogens with one attached hydrogen (secondary N) is 1. The van der Waals surface area contributed by atoms with Crippen LogP contribution in [0.4, 0.5) is 5.69 Å². The highest BCUT2D eigenvalue weighted by Crippen LogP contribution is 2.09. The van der Waals surface area contributed by atoms with Gasteiger partial charge in [-0.1, -0.05) is 18.2 Å². The van der Waals surface area contributed by atoms with Gasteiger partial charge in [0.05, 0.1) is 11.9 Å². The van der Waals surface area contributed by atoms with Crippen LogP contribution >= 0.6 is 0 Å². The molecule has 1 N–H and O–H groups in total. The fourth-order valence-corrected chi connectivity index (χ4v) is 2.02. The van der Waals surface area contributed by atoms with Gasteiger partial charge in [-0.3, -0.25) is 9.55 Å². The molecule has 3 rings (SSSR count). The molecule has 0 saturated carbocycles. The third kappa shape index (κ3) is 2.83. The van der Waals surface area contributed by atoms with E-state index < -0.39 is 0 Å². The van der Waals surface area contributed by atoms with E-state index in [0.29, 0.717) is 0 Å². The average molecular weight is 265 g/mol. The molecule has 3 aromatic rings. The zero-order valence-electron chi connectivity index (χ0n) is 11.0. The van der Waals surface area contributed by atoms with E-state index in [2.05, 4.69) is 20.5 Å². The van der Waals surface area contributed by atoms with Gasteiger partial charge in [0.2, 0.25) is 0 Å². The Labute approximate surface area is 117 Å². The van der Waals surface area contributed by atoms with Gasteiger partial charge in [0.15, 0.2) is 0 Å². The van der Waals surface area contributed by atoms with E-state index in [-0.39, 0.29) is 0 Å². The Morgan fingerprint density at radius 3 is 2.75 bits per heavy atom. The fraction of sp³-hybridized carbons (Fsp3) is 0.133. The molecule has 0 saturated heterocycles. The predicted octanol–water partition coefficient (Wildman–Crippen LogP) is 2.32. The number of hydrogen-bond acceptors (Lipinski definition) is 4. The van der Waals surface area contributed by atoms with Crippen molar-refractivity contribution in [3.8, 4) is 5.69 Å². The van der Waals surface area contributed by atoms with Crippen molar-refractivity contribution in [3.05, 3.63) is 67.0 Å². The van der Waals surface area contributed by atoms with Crippen LogP contribution < -0.4 is 5.32 Å². The minimum Gasteiger partial charge on any atom is -0.385 e. The predicted molar refractivity (Wildman–Crippen MR) is 77.8 cm³/mol. The number of anilines is 1. The minimum atomic E-state index is 0.795. The van der Waals surface area contributed by atoms with Gasteiger partial charge < -0.3 is 5.32 Å². The third-order valence-electron chi connectivity index (χ3n) is 2.99. The fourth-order valence-electron chi connectivity index (χ4n) is 2.02. The summed E-state index contributed by atoms with van der Waals surface area (Å²) < 4.78 is 1.96. The summed E-state index contributed by atoms with van der Waals surface area (Å²) in [4.78, 5) is 4.12. The summed E-state index contributed by atoms with van der Waals surface area (Å²) in [5.41, 5.74) is 2.09. The van der Waals surface area contributed by atoms with Gasteiger partial charge in [0, 0.05) is 24.8 Å². The summed E-state index contributed by atoms with van der Waals surface area (Å²) in [5, 5.41) is 11.5. The molecule has 0 aliphatic rings. The summed E-state index contributed by atoms with van der Waals surface area (Å²) in [6, 6.07) is 14.0. The molecular weight excluding hydrogens is 250 g/mol. The van der Waals surface area contributed by atoms with Crippen LogP contribution in [0.15, 0.2) is 61.2 Å². The van der Waals surface area contributed by atoms with E-state index in [1.165, 1.54) is 0 Å². The van der Waals surface area contributed by atoms with Gasteiger partial charge in [0.25, 0.3) is 0 Å². The van der Waals surface area contributed by atoms with Gasteiger partial charge in [-0.15, -0.1) is 10.2 Å². The molecule has 20 heavy (non-hydrogen) atoms. The topological polar surface area (TPSA) is 55.6 Å². The third-order valence-corrected chi connectivity index (χ3v) is 2.99. The van der Waals surface area contributed by atoms with Crippen LogP contribution in [0.5, 0.6) is 0 Å². The molecule has 2 heterocycles. The van der Waals surface area contributed by atoms with Crippen molar-refractivity contribution in [2.45, 2.75) is 6.42 Å². The first kappa shape index (κ1) is 12.3. The number of hydrogen-bond donors (Lipinski definition) is 1. The summed E-state index contributed by atoms with van der Waals surface area (Å²) in [7, 11) is 0. The zero-order chi connectivity index (χ0) is 13.6. The van der Waals surface area contributed by atoms with Gasteiger partial charge >= 0.3 is 0 Å². The Bertz CT molecular complexity index is 648. The van der Waals surface area contributed by atoms with Crippen molar-refractivity contribution in [1.82, 2.24) is 19.7 Å². The number of para-hydroxylation sites is 1. The molecule has 0 bridgehead atoms. The van der Waals surface area contributed by atoms with Crippen LogP contribution in [-0.2, 0) is 6.42 Å². The van der Waals surface area contributed by atoms with E-state index in [1.54, 1.807) is 18.7 Å². The monoisotopic (exact) mass is 265 g/mol. The van der Waals surface area contributed by atoms with Crippen LogP contribution in [0, 0.1) is 0 Å². The van der Waals surface area contributed by atoms with Crippen molar-refractivity contribution in [2.24, 2.45) is 0 Å². The molecule has 0 fully saturated rings. The number of aromatic nitrogens is 4. The normalized spacial score (nSPS) is 10.4. The molecule has 1 aromatic carbocycles. The Hall–Kier alpha value is -2.69. The lowest BCUT2D eigenvalue weighted by Gasteiger charge is -2.07. The molecule has 0 aliphatic carbocycles. The SMILES string of the molecule is c1ccc(NCCc2nncn2-c2cccnc2)cc1. The maximum absolute atomic E-state index is 4.17. The van der Waals surface area contributed by atoms with E-state index in [1.807, 2.05) is 47.0 Å². The molecule has 0 aliphatic heterocycles. The van der Waals surface area contributed by atoms with Crippen molar-refractivity contribution in [1.29, 1.82) is 0 Å². The number of benzene rings is 1. The van der Waals surface area contributed by atoms with E-state index in [4.69, 9.17) is 0 Å². The second kappa shape index (κ2) is 5.97. The molecule has 5 heteroatoms. The molecule has 0 spiro atoms. The standard InChI is InChI=1S/C15H15N5/c1-2-5-13(6-3-1)17-10-8-15-19-18-12-20(15)14-7-4-9-16-11-14/h1-7,9,11-12,17H,8,10H2. The minimum absolute atomic E-state index is 0.795. The number of rotatable bonds is 5. The summed E-state index contributed by atoms with van der Waals surface area (Å²) in [5.74, 6) is 0.918. The maximum Gasteiger partial charge on any atom is 0.139 e. The highest BCUT2D eigenvalue weighted by Gasteiger charge is 2.05. The number of pyridine rings is 1. The van der Waals surface area contributed by atoms with Crippen molar-refractivity contribution >= 4 is 5.69 Å². The van der Waals surface area contributed by atoms with Gasteiger partial charge in [0.1, 0.15) is 12.2 Å². The quantitative estimate of drug-likeness (QED) is 0.769. The highest BCUT2D eigenvalue weighted by atomic mass is 15.3.